The predicted molar refractivity (Wildman–Crippen MR) is 152 cm³/mol. The molecule has 3 rings (SSSR count). The first-order valence-corrected chi connectivity index (χ1v) is 13.0. The molecular formula is C32H37NO5. The zero-order valence-corrected chi connectivity index (χ0v) is 22.7. The molecule has 0 unspecified atom stereocenters. The molecule has 0 saturated heterocycles. The fraction of sp³-hybridized carbons (Fsp3) is 0.312. The highest BCUT2D eigenvalue weighted by Crippen LogP contribution is 2.32. The smallest absolute Gasteiger partial charge is 0.333 e. The molecule has 0 bridgehead atoms. The van der Waals surface area contributed by atoms with Gasteiger partial charge in [0, 0.05) is 23.2 Å². The summed E-state index contributed by atoms with van der Waals surface area (Å²) in [5.74, 6) is 1.11. The molecule has 0 aromatic heterocycles. The average Bonchev–Trinajstić information content (AvgIpc) is 2.93. The molecule has 0 aliphatic heterocycles. The van der Waals surface area contributed by atoms with Gasteiger partial charge in [-0.25, -0.2) is 4.79 Å². The Labute approximate surface area is 225 Å². The molecule has 3 aromatic rings. The van der Waals surface area contributed by atoms with E-state index >= 15 is 0 Å². The van der Waals surface area contributed by atoms with E-state index in [9.17, 15) is 9.59 Å². The van der Waals surface area contributed by atoms with Crippen molar-refractivity contribution < 1.29 is 23.8 Å². The number of ether oxygens (including phenoxy) is 3. The molecule has 6 heteroatoms. The van der Waals surface area contributed by atoms with Crippen LogP contribution in [-0.2, 0) is 16.1 Å². The summed E-state index contributed by atoms with van der Waals surface area (Å²) in [7, 11) is 1.59. The molecule has 0 spiro atoms. The zero-order valence-electron chi connectivity index (χ0n) is 22.7. The molecular weight excluding hydrogens is 478 g/mol. The largest absolute Gasteiger partial charge is 0.497 e. The van der Waals surface area contributed by atoms with Crippen LogP contribution >= 0.6 is 0 Å². The van der Waals surface area contributed by atoms with Crippen LogP contribution in [0.25, 0.3) is 17.2 Å². The Morgan fingerprint density at radius 1 is 0.974 bits per heavy atom. The molecule has 3 aromatic carbocycles. The SMILES string of the molecule is CCCCOc1cc(/C=C(\C)C(=O)OCC)ccc1-c1cccc(CNCC(=O)c2cccc(OC)c2)c1. The Kier molecular flexibility index (Phi) is 11.1. The third-order valence-corrected chi connectivity index (χ3v) is 5.99. The van der Waals surface area contributed by atoms with Crippen molar-refractivity contribution in [2.45, 2.75) is 40.2 Å². The number of unbranched alkanes of at least 4 members (excludes halogenated alkanes) is 1. The molecule has 0 aliphatic carbocycles. The van der Waals surface area contributed by atoms with Crippen molar-refractivity contribution in [1.82, 2.24) is 5.32 Å². The quantitative estimate of drug-likeness (QED) is 0.115. The first-order valence-electron chi connectivity index (χ1n) is 13.0. The molecule has 0 amide bonds. The highest BCUT2D eigenvalue weighted by Gasteiger charge is 2.11. The number of methoxy groups -OCH3 is 1. The maximum atomic E-state index is 12.6. The van der Waals surface area contributed by atoms with Gasteiger partial charge in [0.05, 0.1) is 26.9 Å². The summed E-state index contributed by atoms with van der Waals surface area (Å²) in [6, 6.07) is 21.3. The number of hydrogen-bond donors (Lipinski definition) is 1. The van der Waals surface area contributed by atoms with E-state index in [0.717, 1.165) is 40.8 Å². The fourth-order valence-corrected chi connectivity index (χ4v) is 3.93. The number of nitrogens with one attached hydrogen (secondary N) is 1. The summed E-state index contributed by atoms with van der Waals surface area (Å²) >= 11 is 0. The fourth-order valence-electron chi connectivity index (χ4n) is 3.93. The van der Waals surface area contributed by atoms with Crippen LogP contribution < -0.4 is 14.8 Å². The van der Waals surface area contributed by atoms with Gasteiger partial charge in [0.1, 0.15) is 11.5 Å². The molecule has 38 heavy (non-hydrogen) atoms. The number of carbonyl (C=O) groups excluding carboxylic acids is 2. The van der Waals surface area contributed by atoms with Crippen molar-refractivity contribution in [2.75, 3.05) is 26.9 Å². The molecule has 0 radical (unpaired) electrons. The maximum Gasteiger partial charge on any atom is 0.333 e. The second-order valence-electron chi connectivity index (χ2n) is 8.96. The van der Waals surface area contributed by atoms with Crippen molar-refractivity contribution in [3.63, 3.8) is 0 Å². The number of carbonyl (C=O) groups is 2. The summed E-state index contributed by atoms with van der Waals surface area (Å²) in [5.41, 5.74) is 5.08. The van der Waals surface area contributed by atoms with Crippen LogP contribution in [0.5, 0.6) is 11.5 Å². The summed E-state index contributed by atoms with van der Waals surface area (Å²) < 4.78 is 16.5. The number of rotatable bonds is 14. The minimum Gasteiger partial charge on any atom is -0.497 e. The van der Waals surface area contributed by atoms with Crippen LogP contribution in [0.3, 0.4) is 0 Å². The van der Waals surface area contributed by atoms with E-state index in [-0.39, 0.29) is 18.3 Å². The number of ketones is 1. The van der Waals surface area contributed by atoms with Crippen LogP contribution in [0.4, 0.5) is 0 Å². The Morgan fingerprint density at radius 2 is 1.79 bits per heavy atom. The summed E-state index contributed by atoms with van der Waals surface area (Å²) in [6.07, 6.45) is 3.80. The zero-order chi connectivity index (χ0) is 27.3. The first kappa shape index (κ1) is 28.7. The molecule has 200 valence electrons. The van der Waals surface area contributed by atoms with Gasteiger partial charge in [0.15, 0.2) is 5.78 Å². The lowest BCUT2D eigenvalue weighted by atomic mass is 9.99. The second-order valence-corrected chi connectivity index (χ2v) is 8.96. The van der Waals surface area contributed by atoms with E-state index in [4.69, 9.17) is 14.2 Å². The van der Waals surface area contributed by atoms with Gasteiger partial charge in [-0.05, 0) is 67.3 Å². The summed E-state index contributed by atoms with van der Waals surface area (Å²) in [4.78, 5) is 24.6. The number of hydrogen-bond acceptors (Lipinski definition) is 6. The van der Waals surface area contributed by atoms with Gasteiger partial charge in [-0.2, -0.15) is 0 Å². The third-order valence-electron chi connectivity index (χ3n) is 5.99. The second kappa shape index (κ2) is 14.7. The number of esters is 1. The highest BCUT2D eigenvalue weighted by molar-refractivity contribution is 5.98. The molecule has 0 atom stereocenters. The summed E-state index contributed by atoms with van der Waals surface area (Å²) in [5, 5.41) is 3.25. The van der Waals surface area contributed by atoms with Crippen LogP contribution in [0, 0.1) is 0 Å². The van der Waals surface area contributed by atoms with Crippen molar-refractivity contribution in [3.8, 4) is 22.6 Å². The van der Waals surface area contributed by atoms with Crippen LogP contribution in [0.1, 0.15) is 55.1 Å². The monoisotopic (exact) mass is 515 g/mol. The lowest BCUT2D eigenvalue weighted by Gasteiger charge is -2.14. The molecule has 0 heterocycles. The minimum absolute atomic E-state index is 0.00780. The number of Topliss-reactive ketones (excluding diaryl/α,β-unsaturated/α-hetero) is 1. The number of benzene rings is 3. The first-order chi connectivity index (χ1) is 18.4. The van der Waals surface area contributed by atoms with Crippen molar-refractivity contribution in [2.24, 2.45) is 0 Å². The molecule has 6 nitrogen and oxygen atoms in total. The van der Waals surface area contributed by atoms with Gasteiger partial charge in [-0.1, -0.05) is 55.8 Å². The minimum atomic E-state index is -0.324. The van der Waals surface area contributed by atoms with Gasteiger partial charge in [0.25, 0.3) is 0 Å². The van der Waals surface area contributed by atoms with Gasteiger partial charge >= 0.3 is 5.97 Å². The topological polar surface area (TPSA) is 73.9 Å². The Morgan fingerprint density at radius 3 is 2.55 bits per heavy atom. The van der Waals surface area contributed by atoms with Gasteiger partial charge in [0.2, 0.25) is 0 Å². The van der Waals surface area contributed by atoms with Crippen molar-refractivity contribution >= 4 is 17.8 Å². The van der Waals surface area contributed by atoms with Crippen LogP contribution in [0.15, 0.2) is 72.3 Å². The standard InChI is InChI=1S/C32H37NO5/c1-5-7-16-38-31-19-24(17-23(3)32(35)37-6-2)14-15-29(31)26-11-8-10-25(18-26)21-33-22-30(34)27-12-9-13-28(20-27)36-4/h8-15,17-20,33H,5-7,16,21-22H2,1-4H3/b23-17+. The Balaban J connectivity index is 1.75. The van der Waals surface area contributed by atoms with E-state index in [1.807, 2.05) is 54.6 Å². The maximum absolute atomic E-state index is 12.6. The highest BCUT2D eigenvalue weighted by atomic mass is 16.5. The van der Waals surface area contributed by atoms with Gasteiger partial charge < -0.3 is 19.5 Å². The van der Waals surface area contributed by atoms with Crippen molar-refractivity contribution in [1.29, 1.82) is 0 Å². The van der Waals surface area contributed by atoms with E-state index in [1.54, 1.807) is 33.1 Å². The van der Waals surface area contributed by atoms with E-state index < -0.39 is 0 Å². The lowest BCUT2D eigenvalue weighted by Crippen LogP contribution is -2.22. The molecule has 0 fully saturated rings. The Bertz CT molecular complexity index is 1260. The van der Waals surface area contributed by atoms with E-state index in [2.05, 4.69) is 18.3 Å². The van der Waals surface area contributed by atoms with Crippen LogP contribution in [0.2, 0.25) is 0 Å². The van der Waals surface area contributed by atoms with Crippen molar-refractivity contribution in [3.05, 3.63) is 89.0 Å². The third kappa shape index (κ3) is 8.32. The predicted octanol–water partition coefficient (Wildman–Crippen LogP) is 6.48. The lowest BCUT2D eigenvalue weighted by molar-refractivity contribution is -0.138. The molecule has 0 aliphatic rings. The summed E-state index contributed by atoms with van der Waals surface area (Å²) in [6.45, 7) is 7.40. The normalized spacial score (nSPS) is 11.2. The van der Waals surface area contributed by atoms with E-state index in [1.165, 1.54) is 0 Å². The van der Waals surface area contributed by atoms with Gasteiger partial charge in [-0.3, -0.25) is 4.79 Å². The molecule has 0 saturated carbocycles. The molecule has 1 N–H and O–H groups in total. The van der Waals surface area contributed by atoms with Gasteiger partial charge in [-0.15, -0.1) is 0 Å². The van der Waals surface area contributed by atoms with Crippen LogP contribution in [-0.4, -0.2) is 38.6 Å². The van der Waals surface area contributed by atoms with E-state index in [0.29, 0.717) is 36.6 Å². The Hall–Kier alpha value is -3.90. The average molecular weight is 516 g/mol.